The van der Waals surface area contributed by atoms with Crippen LogP contribution in [0.2, 0.25) is 0 Å². The number of aromatic nitrogens is 2. The van der Waals surface area contributed by atoms with Crippen molar-refractivity contribution in [1.29, 1.82) is 0 Å². The van der Waals surface area contributed by atoms with Gasteiger partial charge >= 0.3 is 0 Å². The zero-order valence-electron chi connectivity index (χ0n) is 7.16. The highest BCUT2D eigenvalue weighted by Gasteiger charge is 2.16. The standard InChI is InChI=1S/C7H11IN4S/c8-5-6-7(11-13-10-6)12-3-1-9-2-4-12/h9H,1-5H2. The molecule has 0 bridgehead atoms. The van der Waals surface area contributed by atoms with Crippen molar-refractivity contribution in [2.45, 2.75) is 4.43 Å². The third kappa shape index (κ3) is 2.10. The molecule has 0 atom stereocenters. The van der Waals surface area contributed by atoms with Crippen LogP contribution in [0.25, 0.3) is 0 Å². The third-order valence-corrected chi connectivity index (χ3v) is 3.36. The van der Waals surface area contributed by atoms with E-state index in [9.17, 15) is 0 Å². The number of anilines is 1. The van der Waals surface area contributed by atoms with Crippen LogP contribution in [0.4, 0.5) is 5.82 Å². The van der Waals surface area contributed by atoms with Gasteiger partial charge in [-0.1, -0.05) is 22.6 Å². The molecular formula is C7H11IN4S. The Bertz CT molecular complexity index is 271. The molecule has 0 saturated carbocycles. The second-order valence-electron chi connectivity index (χ2n) is 2.91. The van der Waals surface area contributed by atoms with Crippen molar-refractivity contribution < 1.29 is 0 Å². The summed E-state index contributed by atoms with van der Waals surface area (Å²) < 4.78 is 9.56. The number of rotatable bonds is 2. The van der Waals surface area contributed by atoms with Crippen LogP contribution >= 0.6 is 34.3 Å². The van der Waals surface area contributed by atoms with Crippen molar-refractivity contribution in [2.24, 2.45) is 0 Å². The van der Waals surface area contributed by atoms with E-state index in [0.717, 1.165) is 42.1 Å². The molecule has 72 valence electrons. The Balaban J connectivity index is 2.13. The van der Waals surface area contributed by atoms with Gasteiger partial charge < -0.3 is 10.2 Å². The van der Waals surface area contributed by atoms with Gasteiger partial charge in [-0.25, -0.2) is 0 Å². The first-order chi connectivity index (χ1) is 6.42. The lowest BCUT2D eigenvalue weighted by Crippen LogP contribution is -2.44. The molecule has 1 aliphatic heterocycles. The number of nitrogens with zero attached hydrogens (tertiary/aromatic N) is 3. The first-order valence-corrected chi connectivity index (χ1v) is 6.50. The van der Waals surface area contributed by atoms with Gasteiger partial charge in [0.25, 0.3) is 0 Å². The quantitative estimate of drug-likeness (QED) is 0.650. The first kappa shape index (κ1) is 9.60. The Morgan fingerprint density at radius 2 is 2.15 bits per heavy atom. The number of hydrogen-bond acceptors (Lipinski definition) is 5. The van der Waals surface area contributed by atoms with E-state index in [2.05, 4.69) is 41.6 Å². The molecule has 0 aromatic carbocycles. The summed E-state index contributed by atoms with van der Waals surface area (Å²) in [4.78, 5) is 2.31. The second-order valence-corrected chi connectivity index (χ2v) is 4.20. The van der Waals surface area contributed by atoms with Crippen molar-refractivity contribution in [3.05, 3.63) is 5.69 Å². The Kier molecular flexibility index (Phi) is 3.33. The van der Waals surface area contributed by atoms with Gasteiger partial charge in [0.05, 0.1) is 11.7 Å². The van der Waals surface area contributed by atoms with Crippen LogP contribution in [-0.2, 0) is 4.43 Å². The number of nitrogens with one attached hydrogen (secondary N) is 1. The minimum absolute atomic E-state index is 0.952. The summed E-state index contributed by atoms with van der Waals surface area (Å²) >= 11 is 3.65. The molecule has 0 spiro atoms. The minimum atomic E-state index is 0.952. The van der Waals surface area contributed by atoms with Gasteiger partial charge in [-0.05, 0) is 0 Å². The van der Waals surface area contributed by atoms with Crippen LogP contribution < -0.4 is 10.2 Å². The molecule has 6 heteroatoms. The molecule has 0 unspecified atom stereocenters. The maximum Gasteiger partial charge on any atom is 0.166 e. The van der Waals surface area contributed by atoms with Crippen LogP contribution in [0.1, 0.15) is 5.69 Å². The lowest BCUT2D eigenvalue weighted by Gasteiger charge is -2.27. The van der Waals surface area contributed by atoms with Crippen LogP contribution in [0.5, 0.6) is 0 Å². The normalized spacial score (nSPS) is 17.8. The summed E-state index contributed by atoms with van der Waals surface area (Å²) in [7, 11) is 0. The Morgan fingerprint density at radius 1 is 1.38 bits per heavy atom. The maximum absolute atomic E-state index is 4.33. The second kappa shape index (κ2) is 4.52. The molecule has 2 heterocycles. The number of halogens is 1. The summed E-state index contributed by atoms with van der Waals surface area (Å²) in [6.07, 6.45) is 0. The highest BCUT2D eigenvalue weighted by Crippen LogP contribution is 2.20. The zero-order chi connectivity index (χ0) is 9.10. The molecule has 0 amide bonds. The Hall–Kier alpha value is 0.0500. The Morgan fingerprint density at radius 3 is 2.85 bits per heavy atom. The van der Waals surface area contributed by atoms with Crippen molar-refractivity contribution >= 4 is 40.1 Å². The fourth-order valence-electron chi connectivity index (χ4n) is 1.40. The molecule has 4 nitrogen and oxygen atoms in total. The van der Waals surface area contributed by atoms with Crippen LogP contribution in [0, 0.1) is 0 Å². The van der Waals surface area contributed by atoms with Crippen LogP contribution in [0.3, 0.4) is 0 Å². The lowest BCUT2D eigenvalue weighted by atomic mass is 10.3. The first-order valence-electron chi connectivity index (χ1n) is 4.25. The van der Waals surface area contributed by atoms with Gasteiger partial charge in [0.2, 0.25) is 0 Å². The molecule has 1 aromatic heterocycles. The fraction of sp³-hybridized carbons (Fsp3) is 0.714. The van der Waals surface area contributed by atoms with Gasteiger partial charge in [0, 0.05) is 30.6 Å². The van der Waals surface area contributed by atoms with E-state index in [4.69, 9.17) is 0 Å². The molecule has 1 fully saturated rings. The summed E-state index contributed by atoms with van der Waals surface area (Å²) in [5, 5.41) is 3.33. The SMILES string of the molecule is ICc1nsnc1N1CCNCC1. The molecule has 1 saturated heterocycles. The van der Waals surface area contributed by atoms with E-state index in [0.29, 0.717) is 0 Å². The number of hydrogen-bond donors (Lipinski definition) is 1. The van der Waals surface area contributed by atoms with Crippen molar-refractivity contribution in [3.63, 3.8) is 0 Å². The predicted octanol–water partition coefficient (Wildman–Crippen LogP) is 0.883. The minimum Gasteiger partial charge on any atom is -0.352 e. The van der Waals surface area contributed by atoms with E-state index in [1.165, 1.54) is 11.7 Å². The van der Waals surface area contributed by atoms with E-state index in [1.807, 2.05) is 0 Å². The highest BCUT2D eigenvalue weighted by molar-refractivity contribution is 14.1. The third-order valence-electron chi connectivity index (χ3n) is 2.08. The zero-order valence-corrected chi connectivity index (χ0v) is 10.1. The van der Waals surface area contributed by atoms with E-state index >= 15 is 0 Å². The van der Waals surface area contributed by atoms with E-state index < -0.39 is 0 Å². The van der Waals surface area contributed by atoms with Gasteiger partial charge in [-0.2, -0.15) is 8.75 Å². The number of alkyl halides is 1. The Labute approximate surface area is 95.2 Å². The molecule has 13 heavy (non-hydrogen) atoms. The van der Waals surface area contributed by atoms with Crippen molar-refractivity contribution in [2.75, 3.05) is 31.1 Å². The average Bonchev–Trinajstić information content (AvgIpc) is 2.67. The summed E-state index contributed by atoms with van der Waals surface area (Å²) in [5.74, 6) is 1.10. The maximum atomic E-state index is 4.33. The van der Waals surface area contributed by atoms with Crippen molar-refractivity contribution in [1.82, 2.24) is 14.1 Å². The molecule has 0 aliphatic carbocycles. The topological polar surface area (TPSA) is 41.1 Å². The smallest absolute Gasteiger partial charge is 0.166 e. The average molecular weight is 310 g/mol. The fourth-order valence-corrected chi connectivity index (χ4v) is 2.73. The van der Waals surface area contributed by atoms with Crippen molar-refractivity contribution in [3.8, 4) is 0 Å². The van der Waals surface area contributed by atoms with Crippen LogP contribution in [0.15, 0.2) is 0 Å². The summed E-state index contributed by atoms with van der Waals surface area (Å²) in [6, 6.07) is 0. The van der Waals surface area contributed by atoms with Gasteiger partial charge in [0.1, 0.15) is 5.69 Å². The monoisotopic (exact) mass is 310 g/mol. The molecule has 1 aromatic rings. The lowest BCUT2D eigenvalue weighted by molar-refractivity contribution is 0.585. The molecule has 1 N–H and O–H groups in total. The molecule has 2 rings (SSSR count). The van der Waals surface area contributed by atoms with Gasteiger partial charge in [-0.15, -0.1) is 0 Å². The van der Waals surface area contributed by atoms with E-state index in [-0.39, 0.29) is 0 Å². The highest BCUT2D eigenvalue weighted by atomic mass is 127. The van der Waals surface area contributed by atoms with E-state index in [1.54, 1.807) is 0 Å². The largest absolute Gasteiger partial charge is 0.352 e. The summed E-state index contributed by atoms with van der Waals surface area (Å²) in [5.41, 5.74) is 1.13. The molecule has 1 aliphatic rings. The van der Waals surface area contributed by atoms with Crippen LogP contribution in [-0.4, -0.2) is 34.9 Å². The molecular weight excluding hydrogens is 299 g/mol. The summed E-state index contributed by atoms with van der Waals surface area (Å²) in [6.45, 7) is 4.21. The number of piperazine rings is 1. The van der Waals surface area contributed by atoms with Gasteiger partial charge in [-0.3, -0.25) is 0 Å². The molecule has 0 radical (unpaired) electrons. The predicted molar refractivity (Wildman–Crippen MR) is 62.7 cm³/mol. The van der Waals surface area contributed by atoms with Gasteiger partial charge in [0.15, 0.2) is 5.82 Å².